The first kappa shape index (κ1) is 10.0. The van der Waals surface area contributed by atoms with Crippen LogP contribution >= 0.6 is 0 Å². The molecule has 0 saturated heterocycles. The molecule has 0 spiro atoms. The second-order valence-electron chi connectivity index (χ2n) is 2.17. The molecule has 0 atom stereocenters. The lowest BCUT2D eigenvalue weighted by Crippen LogP contribution is -2.12. The molecule has 0 aromatic heterocycles. The van der Waals surface area contributed by atoms with Crippen LogP contribution in [-0.2, 0) is 4.74 Å². The Morgan fingerprint density at radius 2 is 2.18 bits per heavy atom. The van der Waals surface area contributed by atoms with Crippen LogP contribution < -0.4 is 0 Å². The van der Waals surface area contributed by atoms with Crippen molar-refractivity contribution in [3.63, 3.8) is 0 Å². The molecule has 0 saturated carbocycles. The minimum absolute atomic E-state index is 0.562. The molecule has 0 aliphatic rings. The van der Waals surface area contributed by atoms with Gasteiger partial charge in [0, 0.05) is 0 Å². The quantitative estimate of drug-likeness (QED) is 0.375. The van der Waals surface area contributed by atoms with Crippen molar-refractivity contribution in [2.75, 3.05) is 7.11 Å². The average Bonchev–Trinajstić information content (AvgIpc) is 1.98. The molecule has 0 heterocycles. The number of hydrogen-bond acceptors (Lipinski definition) is 2. The Kier molecular flexibility index (Phi) is 4.38. The summed E-state index contributed by atoms with van der Waals surface area (Å²) in [7, 11) is 1.53. The van der Waals surface area contributed by atoms with Gasteiger partial charge in [0.1, 0.15) is 5.76 Å². The van der Waals surface area contributed by atoms with Crippen molar-refractivity contribution in [2.24, 2.45) is 0 Å². The Morgan fingerprint density at radius 1 is 1.64 bits per heavy atom. The first-order chi connectivity index (χ1) is 5.13. The monoisotopic (exact) mass is 152 g/mol. The van der Waals surface area contributed by atoms with Crippen molar-refractivity contribution in [1.82, 2.24) is 0 Å². The average molecular weight is 152 g/mol. The molecule has 0 bridgehead atoms. The normalized spacial score (nSPS) is 10.6. The minimum atomic E-state index is -0.582. The third-order valence-electron chi connectivity index (χ3n) is 1.31. The number of allylic oxidation sites excluding steroid dienone is 3. The van der Waals surface area contributed by atoms with Gasteiger partial charge in [-0.3, -0.25) is 0 Å². The van der Waals surface area contributed by atoms with Crippen molar-refractivity contribution in [3.8, 4) is 0 Å². The topological polar surface area (TPSA) is 29.5 Å². The molecule has 0 amide bonds. The zero-order valence-corrected chi connectivity index (χ0v) is 7.00. The highest BCUT2D eigenvalue weighted by molar-refractivity contribution is 6.58. The van der Waals surface area contributed by atoms with E-state index in [-0.39, 0.29) is 0 Å². The molecule has 11 heavy (non-hydrogen) atoms. The number of hydrogen-bond donors (Lipinski definition) is 1. The fraction of sp³-hybridized carbons (Fsp3) is 0.250. The molecule has 0 aliphatic heterocycles. The van der Waals surface area contributed by atoms with Crippen LogP contribution in [0.4, 0.5) is 0 Å². The third kappa shape index (κ3) is 3.09. The van der Waals surface area contributed by atoms with Crippen LogP contribution in [0.5, 0.6) is 0 Å². The van der Waals surface area contributed by atoms with E-state index in [1.165, 1.54) is 7.11 Å². The Bertz CT molecular complexity index is 183. The van der Waals surface area contributed by atoms with Crippen LogP contribution in [0.1, 0.15) is 0 Å². The lowest BCUT2D eigenvalue weighted by atomic mass is 9.63. The summed E-state index contributed by atoms with van der Waals surface area (Å²) < 4.78 is 4.94. The molecule has 2 nitrogen and oxygen atoms in total. The SMILES string of the molecule is C=C/C=C(/OC)C(=C)B(C)O. The maximum absolute atomic E-state index is 9.09. The first-order valence-corrected chi connectivity index (χ1v) is 3.37. The highest BCUT2D eigenvalue weighted by Crippen LogP contribution is 2.10. The molecule has 0 rings (SSSR count). The van der Waals surface area contributed by atoms with Crippen molar-refractivity contribution < 1.29 is 9.76 Å². The first-order valence-electron chi connectivity index (χ1n) is 3.37. The zero-order valence-electron chi connectivity index (χ0n) is 7.00. The smallest absolute Gasteiger partial charge is 0.323 e. The summed E-state index contributed by atoms with van der Waals surface area (Å²) in [6.07, 6.45) is 3.25. The summed E-state index contributed by atoms with van der Waals surface area (Å²) in [6.45, 7) is 8.22. The van der Waals surface area contributed by atoms with Gasteiger partial charge in [0.15, 0.2) is 0 Å². The van der Waals surface area contributed by atoms with Crippen LogP contribution in [-0.4, -0.2) is 19.0 Å². The molecule has 1 N–H and O–H groups in total. The third-order valence-corrected chi connectivity index (χ3v) is 1.31. The van der Waals surface area contributed by atoms with Crippen molar-refractivity contribution >= 4 is 6.92 Å². The largest absolute Gasteiger partial charge is 0.497 e. The lowest BCUT2D eigenvalue weighted by Gasteiger charge is -2.08. The van der Waals surface area contributed by atoms with E-state index < -0.39 is 6.92 Å². The molecule has 0 fully saturated rings. The molecule has 60 valence electrons. The summed E-state index contributed by atoms with van der Waals surface area (Å²) in [5.41, 5.74) is 0.562. The van der Waals surface area contributed by atoms with Crippen molar-refractivity contribution in [2.45, 2.75) is 6.82 Å². The van der Waals surface area contributed by atoms with Crippen molar-refractivity contribution in [3.05, 3.63) is 36.5 Å². The predicted octanol–water partition coefficient (Wildman–Crippen LogP) is 1.41. The van der Waals surface area contributed by atoms with Gasteiger partial charge in [-0.2, -0.15) is 0 Å². The molecule has 0 unspecified atom stereocenters. The van der Waals surface area contributed by atoms with Gasteiger partial charge in [-0.05, 0) is 11.5 Å². The molecule has 0 aromatic carbocycles. The summed E-state index contributed by atoms with van der Waals surface area (Å²) in [5.74, 6) is 0.565. The lowest BCUT2D eigenvalue weighted by molar-refractivity contribution is 0.303. The Balaban J connectivity index is 4.38. The van der Waals surface area contributed by atoms with Crippen LogP contribution in [0, 0.1) is 0 Å². The maximum atomic E-state index is 9.09. The van der Waals surface area contributed by atoms with Gasteiger partial charge < -0.3 is 9.76 Å². The van der Waals surface area contributed by atoms with E-state index in [0.29, 0.717) is 11.2 Å². The van der Waals surface area contributed by atoms with E-state index in [0.717, 1.165) is 0 Å². The van der Waals surface area contributed by atoms with E-state index in [9.17, 15) is 0 Å². The predicted molar refractivity (Wildman–Crippen MR) is 48.3 cm³/mol. The zero-order chi connectivity index (χ0) is 8.85. The molecule has 0 aromatic rings. The van der Waals surface area contributed by atoms with Gasteiger partial charge in [-0.25, -0.2) is 0 Å². The molecular weight excluding hydrogens is 139 g/mol. The van der Waals surface area contributed by atoms with Gasteiger partial charge in [-0.15, -0.1) is 0 Å². The second-order valence-corrected chi connectivity index (χ2v) is 2.17. The van der Waals surface area contributed by atoms with Gasteiger partial charge >= 0.3 is 6.92 Å². The van der Waals surface area contributed by atoms with Crippen molar-refractivity contribution in [1.29, 1.82) is 0 Å². The Labute approximate surface area is 68.0 Å². The fourth-order valence-corrected chi connectivity index (χ4v) is 0.619. The van der Waals surface area contributed by atoms with E-state index in [2.05, 4.69) is 13.2 Å². The fourth-order valence-electron chi connectivity index (χ4n) is 0.619. The minimum Gasteiger partial charge on any atom is -0.497 e. The number of ether oxygens (including phenoxy) is 1. The summed E-state index contributed by atoms with van der Waals surface area (Å²) in [4.78, 5) is 0. The molecular formula is C8H13BO2. The Morgan fingerprint density at radius 3 is 2.45 bits per heavy atom. The molecule has 3 heteroatoms. The van der Waals surface area contributed by atoms with Gasteiger partial charge in [-0.1, -0.05) is 26.1 Å². The van der Waals surface area contributed by atoms with Gasteiger partial charge in [0.2, 0.25) is 0 Å². The van der Waals surface area contributed by atoms with Crippen LogP contribution in [0.25, 0.3) is 0 Å². The summed E-state index contributed by atoms with van der Waals surface area (Å²) in [6, 6.07) is 0. The summed E-state index contributed by atoms with van der Waals surface area (Å²) >= 11 is 0. The Hall–Kier alpha value is -0.955. The summed E-state index contributed by atoms with van der Waals surface area (Å²) in [5, 5.41) is 9.09. The van der Waals surface area contributed by atoms with Crippen LogP contribution in [0.15, 0.2) is 36.5 Å². The van der Waals surface area contributed by atoms with Crippen LogP contribution in [0.3, 0.4) is 0 Å². The highest BCUT2D eigenvalue weighted by Gasteiger charge is 2.11. The maximum Gasteiger partial charge on any atom is 0.323 e. The van der Waals surface area contributed by atoms with Gasteiger partial charge in [0.05, 0.1) is 7.11 Å². The van der Waals surface area contributed by atoms with E-state index in [1.807, 2.05) is 0 Å². The van der Waals surface area contributed by atoms with Gasteiger partial charge in [0.25, 0.3) is 0 Å². The standard InChI is InChI=1S/C8H13BO2/c1-5-6-8(11-4)7(2)9(3)10/h5-6,10H,1-2H2,3-4H3/b8-6+. The van der Waals surface area contributed by atoms with E-state index >= 15 is 0 Å². The van der Waals surface area contributed by atoms with E-state index in [1.54, 1.807) is 19.0 Å². The highest BCUT2D eigenvalue weighted by atomic mass is 16.5. The molecule has 0 radical (unpaired) electrons. The second kappa shape index (κ2) is 4.80. The number of methoxy groups -OCH3 is 1. The molecule has 0 aliphatic carbocycles. The van der Waals surface area contributed by atoms with Crippen LogP contribution in [0.2, 0.25) is 6.82 Å². The number of rotatable bonds is 4. The van der Waals surface area contributed by atoms with E-state index in [4.69, 9.17) is 9.76 Å².